The van der Waals surface area contributed by atoms with Crippen LogP contribution < -0.4 is 9.30 Å². The van der Waals surface area contributed by atoms with Crippen LogP contribution >= 0.6 is 0 Å². The monoisotopic (exact) mass is 1330 g/mol. The van der Waals surface area contributed by atoms with E-state index in [0.29, 0.717) is 11.5 Å². The van der Waals surface area contributed by atoms with Crippen LogP contribution in [-0.2, 0) is 42.7 Å². The SMILES string of the molecule is CC(C)(C)c1cc(-c2cc(-c3ccc(-n4c5[c-]c(Oc6[c-]c(-n7[c-][n+](-c8c(-c9ccccc9)cccc8-c8ccccc8)c8ccccc87)ccc6)ccc5c5ccccc54)nc3)cc(-c3cc(C(C)(C)C)cc(C(C)(C)C)c3)c2)cc(C(C)(C)C)c1.[Pt]. The van der Waals surface area contributed by atoms with Crippen LogP contribution in [0.25, 0.3) is 106 Å². The second-order valence-electron chi connectivity index (χ2n) is 27.4. The van der Waals surface area contributed by atoms with Crippen molar-refractivity contribution in [1.82, 2.24) is 14.1 Å². The van der Waals surface area contributed by atoms with E-state index in [-0.39, 0.29) is 42.7 Å². The van der Waals surface area contributed by atoms with E-state index in [1.807, 2.05) is 24.4 Å². The van der Waals surface area contributed by atoms with E-state index in [1.165, 1.54) is 44.5 Å². The number of benzene rings is 10. The average molecular weight is 1330 g/mol. The Labute approximate surface area is 534 Å². The molecule has 0 spiro atoms. The first-order chi connectivity index (χ1) is 41.6. The van der Waals surface area contributed by atoms with Gasteiger partial charge in [0.15, 0.2) is 0 Å². The number of hydrogen-bond donors (Lipinski definition) is 0. The van der Waals surface area contributed by atoms with Gasteiger partial charge in [-0.3, -0.25) is 4.57 Å². The molecule has 0 saturated carbocycles. The molecule has 440 valence electrons. The molecule has 6 heteroatoms. The molecule has 5 nitrogen and oxygen atoms in total. The predicted octanol–water partition coefficient (Wildman–Crippen LogP) is 21.1. The zero-order valence-corrected chi connectivity index (χ0v) is 54.7. The number of pyridine rings is 1. The van der Waals surface area contributed by atoms with E-state index in [2.05, 4.69) is 322 Å². The van der Waals surface area contributed by atoms with E-state index in [0.717, 1.165) is 83.4 Å². The summed E-state index contributed by atoms with van der Waals surface area (Å²) in [5, 5.41) is 2.17. The van der Waals surface area contributed by atoms with E-state index in [9.17, 15) is 0 Å². The van der Waals surface area contributed by atoms with Crippen molar-refractivity contribution in [2.24, 2.45) is 0 Å². The Bertz CT molecular complexity index is 4520. The van der Waals surface area contributed by atoms with Crippen LogP contribution in [-0.4, -0.2) is 14.1 Å². The summed E-state index contributed by atoms with van der Waals surface area (Å²) in [5.74, 6) is 1.91. The summed E-state index contributed by atoms with van der Waals surface area (Å²) in [6.45, 7) is 27.8. The molecule has 0 amide bonds. The molecule has 3 aromatic heterocycles. The number of para-hydroxylation sites is 4. The second-order valence-corrected chi connectivity index (χ2v) is 27.4. The number of imidazole rings is 1. The predicted molar refractivity (Wildman–Crippen MR) is 362 cm³/mol. The molecule has 0 atom stereocenters. The number of fused-ring (bicyclic) bond motifs is 4. The average Bonchev–Trinajstić information content (AvgIpc) is 1.59. The first-order valence-corrected chi connectivity index (χ1v) is 30.4. The molecular weight excluding hydrogens is 1250 g/mol. The summed E-state index contributed by atoms with van der Waals surface area (Å²) >= 11 is 0. The van der Waals surface area contributed by atoms with Gasteiger partial charge in [-0.15, -0.1) is 29.7 Å². The van der Waals surface area contributed by atoms with Crippen molar-refractivity contribution in [3.8, 4) is 84.3 Å². The normalized spacial score (nSPS) is 12.2. The van der Waals surface area contributed by atoms with Gasteiger partial charge in [-0.2, -0.15) is 18.2 Å². The molecule has 0 aliphatic rings. The quantitative estimate of drug-likeness (QED) is 0.101. The van der Waals surface area contributed by atoms with Gasteiger partial charge in [0.25, 0.3) is 6.33 Å². The smallest absolute Gasteiger partial charge is 0.268 e. The molecule has 0 bridgehead atoms. The fourth-order valence-electron chi connectivity index (χ4n) is 11.9. The van der Waals surface area contributed by atoms with Crippen molar-refractivity contribution in [3.63, 3.8) is 0 Å². The fraction of sp³-hybridized carbons (Fsp3) is 0.195. The van der Waals surface area contributed by atoms with E-state index < -0.39 is 0 Å². The molecular formula is C82H74N4OPt-2. The van der Waals surface area contributed by atoms with Crippen LogP contribution in [0.1, 0.15) is 105 Å². The van der Waals surface area contributed by atoms with E-state index >= 15 is 0 Å². The van der Waals surface area contributed by atoms with Crippen molar-refractivity contribution in [3.05, 3.63) is 271 Å². The van der Waals surface area contributed by atoms with Gasteiger partial charge >= 0.3 is 0 Å². The minimum atomic E-state index is -0.0344. The van der Waals surface area contributed by atoms with Crippen molar-refractivity contribution < 1.29 is 30.4 Å². The van der Waals surface area contributed by atoms with Gasteiger partial charge in [0.05, 0.1) is 16.7 Å². The first-order valence-electron chi connectivity index (χ1n) is 30.4. The Morgan fingerprint density at radius 3 is 1.40 bits per heavy atom. The number of rotatable bonds is 10. The molecule has 0 aliphatic heterocycles. The largest absolute Gasteiger partial charge is 0.510 e. The molecule has 0 aliphatic carbocycles. The molecule has 0 saturated heterocycles. The van der Waals surface area contributed by atoms with Crippen molar-refractivity contribution in [2.45, 2.75) is 105 Å². The van der Waals surface area contributed by atoms with Gasteiger partial charge in [0.2, 0.25) is 0 Å². The maximum absolute atomic E-state index is 6.79. The maximum Gasteiger partial charge on any atom is 0.268 e. The third kappa shape index (κ3) is 11.6. The summed E-state index contributed by atoms with van der Waals surface area (Å²) in [7, 11) is 0. The van der Waals surface area contributed by atoms with Crippen LogP contribution in [0, 0.1) is 18.5 Å². The van der Waals surface area contributed by atoms with Gasteiger partial charge in [-0.1, -0.05) is 246 Å². The zero-order valence-electron chi connectivity index (χ0n) is 52.5. The molecule has 3 heterocycles. The standard InChI is InChI=1S/C82H74N4O.Pt/c1-79(2,3)62-44-60(45-63(48-62)80(4,5)6)58-41-57(42-59(43-58)61-46-64(81(7,8)9)49-65(47-61)82(10,11)12)56-37-40-77(83-52-56)86-73-34-20-19-31-71(73)72-39-38-68(51-76(72)86)87-67-30-23-29-66(50-67)84-53-85(75-36-22-21-35-74(75)84)78-69(54-25-15-13-16-26-54)32-24-33-70(78)55-27-17-14-18-28-55;/h13-49,52H,1-12H3;/q-2;. The van der Waals surface area contributed by atoms with Crippen molar-refractivity contribution in [1.29, 1.82) is 0 Å². The topological polar surface area (TPSA) is 35.9 Å². The van der Waals surface area contributed by atoms with Crippen LogP contribution in [0.3, 0.4) is 0 Å². The minimum Gasteiger partial charge on any atom is -0.510 e. The molecule has 0 fully saturated rings. The number of ether oxygens (including phenoxy) is 1. The Hall–Kier alpha value is -8.89. The molecule has 88 heavy (non-hydrogen) atoms. The maximum atomic E-state index is 6.79. The Morgan fingerprint density at radius 1 is 0.386 bits per heavy atom. The summed E-state index contributed by atoms with van der Waals surface area (Å²) < 4.78 is 13.3. The van der Waals surface area contributed by atoms with Gasteiger partial charge in [0.1, 0.15) is 5.82 Å². The molecule has 13 rings (SSSR count). The van der Waals surface area contributed by atoms with Gasteiger partial charge < -0.3 is 13.9 Å². The van der Waals surface area contributed by atoms with E-state index in [1.54, 1.807) is 0 Å². The Balaban J connectivity index is 0.00000754. The second kappa shape index (κ2) is 23.0. The van der Waals surface area contributed by atoms with Crippen LogP contribution in [0.4, 0.5) is 0 Å². The van der Waals surface area contributed by atoms with E-state index in [4.69, 9.17) is 9.72 Å². The van der Waals surface area contributed by atoms with Gasteiger partial charge in [-0.25, -0.2) is 4.98 Å². The number of nitrogens with zero attached hydrogens (tertiary/aromatic N) is 4. The van der Waals surface area contributed by atoms with Gasteiger partial charge in [0, 0.05) is 49.8 Å². The van der Waals surface area contributed by atoms with Crippen LogP contribution in [0.5, 0.6) is 11.5 Å². The minimum absolute atomic E-state index is 0. The number of hydrogen-bond acceptors (Lipinski definition) is 2. The Morgan fingerprint density at radius 2 is 0.864 bits per heavy atom. The summed E-state index contributed by atoms with van der Waals surface area (Å²) in [5.41, 5.74) is 22.3. The molecule has 13 aromatic rings. The van der Waals surface area contributed by atoms with Gasteiger partial charge in [-0.05, 0) is 141 Å². The first kappa shape index (κ1) is 59.4. The van der Waals surface area contributed by atoms with Crippen LogP contribution in [0.15, 0.2) is 231 Å². The fourth-order valence-corrected chi connectivity index (χ4v) is 11.9. The molecule has 10 aromatic carbocycles. The van der Waals surface area contributed by atoms with Crippen molar-refractivity contribution >= 4 is 32.8 Å². The summed E-state index contributed by atoms with van der Waals surface area (Å²) in [4.78, 5) is 5.33. The van der Waals surface area contributed by atoms with Crippen LogP contribution in [0.2, 0.25) is 0 Å². The number of aromatic nitrogens is 4. The third-order valence-corrected chi connectivity index (χ3v) is 17.0. The molecule has 0 radical (unpaired) electrons. The molecule has 0 unspecified atom stereocenters. The Kier molecular flexibility index (Phi) is 15.5. The zero-order chi connectivity index (χ0) is 60.6. The van der Waals surface area contributed by atoms with Crippen molar-refractivity contribution in [2.75, 3.05) is 0 Å². The summed E-state index contributed by atoms with van der Waals surface area (Å²) in [6.07, 6.45) is 5.82. The summed E-state index contributed by atoms with van der Waals surface area (Å²) in [6, 6.07) is 88.1. The third-order valence-electron chi connectivity index (χ3n) is 17.0. The molecule has 0 N–H and O–H groups in total.